The summed E-state index contributed by atoms with van der Waals surface area (Å²) in [4.78, 5) is 6.81. The molecule has 7 heteroatoms. The number of nitriles is 1. The van der Waals surface area contributed by atoms with E-state index in [9.17, 15) is 0 Å². The molecule has 0 unspecified atom stereocenters. The molecule has 3 rings (SSSR count). The number of aromatic nitrogens is 3. The van der Waals surface area contributed by atoms with E-state index in [1.807, 2.05) is 31.2 Å². The SMILES string of the molecule is CCOc1cccc(N2CCC(Nc3ccc(C#N)nn3)CC2)n1. The third-order valence-corrected chi connectivity index (χ3v) is 3.95. The van der Waals surface area contributed by atoms with Gasteiger partial charge in [-0.1, -0.05) is 6.07 Å². The smallest absolute Gasteiger partial charge is 0.215 e. The molecule has 0 spiro atoms. The van der Waals surface area contributed by atoms with E-state index >= 15 is 0 Å². The van der Waals surface area contributed by atoms with Crippen molar-refractivity contribution in [3.05, 3.63) is 36.0 Å². The molecule has 1 N–H and O–H groups in total. The van der Waals surface area contributed by atoms with E-state index in [2.05, 4.69) is 25.4 Å². The van der Waals surface area contributed by atoms with Crippen LogP contribution in [0.3, 0.4) is 0 Å². The van der Waals surface area contributed by atoms with E-state index in [1.54, 1.807) is 12.1 Å². The Bertz CT molecular complexity index is 704. The fourth-order valence-electron chi connectivity index (χ4n) is 2.74. The minimum absolute atomic E-state index is 0.329. The molecule has 124 valence electrons. The zero-order valence-electron chi connectivity index (χ0n) is 13.6. The van der Waals surface area contributed by atoms with Crippen LogP contribution in [-0.4, -0.2) is 40.9 Å². The summed E-state index contributed by atoms with van der Waals surface area (Å²) >= 11 is 0. The van der Waals surface area contributed by atoms with Crippen LogP contribution in [0.1, 0.15) is 25.5 Å². The first-order chi connectivity index (χ1) is 11.8. The van der Waals surface area contributed by atoms with Crippen LogP contribution < -0.4 is 15.0 Å². The average Bonchev–Trinajstić information content (AvgIpc) is 2.63. The van der Waals surface area contributed by atoms with Gasteiger partial charge in [0.15, 0.2) is 5.69 Å². The highest BCUT2D eigenvalue weighted by Gasteiger charge is 2.20. The Balaban J connectivity index is 1.55. The lowest BCUT2D eigenvalue weighted by atomic mass is 10.1. The molecule has 2 aromatic rings. The molecular formula is C17H20N6O. The Hall–Kier alpha value is -2.88. The van der Waals surface area contributed by atoms with E-state index < -0.39 is 0 Å². The molecule has 1 aliphatic heterocycles. The Morgan fingerprint density at radius 2 is 2.08 bits per heavy atom. The summed E-state index contributed by atoms with van der Waals surface area (Å²) in [6, 6.07) is 11.7. The number of pyridine rings is 1. The van der Waals surface area contributed by atoms with Crippen LogP contribution in [0, 0.1) is 11.3 Å². The van der Waals surface area contributed by atoms with Gasteiger partial charge in [0.2, 0.25) is 5.88 Å². The molecule has 0 bridgehead atoms. The number of nitrogens with zero attached hydrogens (tertiary/aromatic N) is 5. The molecule has 3 heterocycles. The predicted octanol–water partition coefficient (Wildman–Crippen LogP) is 2.22. The maximum Gasteiger partial charge on any atom is 0.215 e. The largest absolute Gasteiger partial charge is 0.478 e. The van der Waals surface area contributed by atoms with Gasteiger partial charge >= 0.3 is 0 Å². The van der Waals surface area contributed by atoms with Crippen LogP contribution >= 0.6 is 0 Å². The van der Waals surface area contributed by atoms with Crippen molar-refractivity contribution in [1.82, 2.24) is 15.2 Å². The number of anilines is 2. The van der Waals surface area contributed by atoms with Crippen molar-refractivity contribution in [2.45, 2.75) is 25.8 Å². The first-order valence-electron chi connectivity index (χ1n) is 8.13. The summed E-state index contributed by atoms with van der Waals surface area (Å²) in [7, 11) is 0. The van der Waals surface area contributed by atoms with Gasteiger partial charge in [-0.05, 0) is 38.0 Å². The second-order valence-electron chi connectivity index (χ2n) is 5.59. The van der Waals surface area contributed by atoms with Crippen molar-refractivity contribution in [2.75, 3.05) is 29.9 Å². The van der Waals surface area contributed by atoms with Gasteiger partial charge in [-0.3, -0.25) is 0 Å². The second kappa shape index (κ2) is 7.59. The minimum atomic E-state index is 0.329. The Morgan fingerprint density at radius 3 is 2.75 bits per heavy atom. The Labute approximate surface area is 141 Å². The number of hydrogen-bond acceptors (Lipinski definition) is 7. The number of nitrogens with one attached hydrogen (secondary N) is 1. The zero-order chi connectivity index (χ0) is 16.8. The fourth-order valence-corrected chi connectivity index (χ4v) is 2.74. The molecule has 0 atom stereocenters. The summed E-state index contributed by atoms with van der Waals surface area (Å²) in [6.45, 7) is 4.42. The third kappa shape index (κ3) is 3.90. The van der Waals surface area contributed by atoms with Crippen LogP contribution in [0.25, 0.3) is 0 Å². The van der Waals surface area contributed by atoms with Crippen LogP contribution in [0.15, 0.2) is 30.3 Å². The Morgan fingerprint density at radius 1 is 1.25 bits per heavy atom. The van der Waals surface area contributed by atoms with Gasteiger partial charge in [0.05, 0.1) is 6.61 Å². The molecule has 1 fully saturated rings. The molecule has 1 saturated heterocycles. The molecule has 0 aromatic carbocycles. The normalized spacial score (nSPS) is 14.9. The highest BCUT2D eigenvalue weighted by atomic mass is 16.5. The molecule has 1 aliphatic rings. The lowest BCUT2D eigenvalue weighted by Gasteiger charge is -2.33. The highest BCUT2D eigenvalue weighted by Crippen LogP contribution is 2.22. The summed E-state index contributed by atoms with van der Waals surface area (Å²) in [5.41, 5.74) is 0.329. The Kier molecular flexibility index (Phi) is 5.06. The number of piperidine rings is 1. The molecular weight excluding hydrogens is 304 g/mol. The van der Waals surface area contributed by atoms with Gasteiger partial charge < -0.3 is 15.0 Å². The van der Waals surface area contributed by atoms with Gasteiger partial charge in [0.25, 0.3) is 0 Å². The second-order valence-corrected chi connectivity index (χ2v) is 5.59. The predicted molar refractivity (Wildman–Crippen MR) is 91.0 cm³/mol. The van der Waals surface area contributed by atoms with E-state index in [4.69, 9.17) is 10.00 Å². The van der Waals surface area contributed by atoms with Crippen molar-refractivity contribution in [3.63, 3.8) is 0 Å². The summed E-state index contributed by atoms with van der Waals surface area (Å²) in [5, 5.41) is 20.0. The quantitative estimate of drug-likeness (QED) is 0.902. The van der Waals surface area contributed by atoms with Gasteiger partial charge in [-0.2, -0.15) is 10.2 Å². The van der Waals surface area contributed by atoms with Gasteiger partial charge in [-0.15, -0.1) is 10.2 Å². The molecule has 0 saturated carbocycles. The molecule has 24 heavy (non-hydrogen) atoms. The van der Waals surface area contributed by atoms with Crippen LogP contribution in [-0.2, 0) is 0 Å². The summed E-state index contributed by atoms with van der Waals surface area (Å²) in [6.07, 6.45) is 1.98. The van der Waals surface area contributed by atoms with E-state index in [0.29, 0.717) is 30.0 Å². The third-order valence-electron chi connectivity index (χ3n) is 3.95. The topological polar surface area (TPSA) is 87.0 Å². The summed E-state index contributed by atoms with van der Waals surface area (Å²) < 4.78 is 5.47. The minimum Gasteiger partial charge on any atom is -0.478 e. The van der Waals surface area contributed by atoms with Gasteiger partial charge in [0.1, 0.15) is 17.7 Å². The fraction of sp³-hybridized carbons (Fsp3) is 0.412. The highest BCUT2D eigenvalue weighted by molar-refractivity contribution is 5.42. The molecule has 0 amide bonds. The van der Waals surface area contributed by atoms with E-state index in [0.717, 1.165) is 31.7 Å². The first-order valence-corrected chi connectivity index (χ1v) is 8.13. The number of hydrogen-bond donors (Lipinski definition) is 1. The van der Waals surface area contributed by atoms with Crippen molar-refractivity contribution < 1.29 is 4.74 Å². The van der Waals surface area contributed by atoms with Crippen LogP contribution in [0.2, 0.25) is 0 Å². The molecule has 7 nitrogen and oxygen atoms in total. The van der Waals surface area contributed by atoms with Gasteiger partial charge in [-0.25, -0.2) is 0 Å². The van der Waals surface area contributed by atoms with Crippen LogP contribution in [0.4, 0.5) is 11.6 Å². The van der Waals surface area contributed by atoms with E-state index in [1.165, 1.54) is 0 Å². The molecule has 0 radical (unpaired) electrons. The standard InChI is InChI=1S/C17H20N6O/c1-2-24-17-5-3-4-16(20-17)23-10-8-13(9-11-23)19-15-7-6-14(12-18)21-22-15/h3-7,13H,2,8-11H2,1H3,(H,19,22). The molecule has 0 aliphatic carbocycles. The van der Waals surface area contributed by atoms with Crippen molar-refractivity contribution >= 4 is 11.6 Å². The monoisotopic (exact) mass is 324 g/mol. The van der Waals surface area contributed by atoms with Crippen molar-refractivity contribution in [3.8, 4) is 11.9 Å². The molecule has 2 aromatic heterocycles. The lowest BCUT2D eigenvalue weighted by Crippen LogP contribution is -2.39. The average molecular weight is 324 g/mol. The maximum atomic E-state index is 8.75. The van der Waals surface area contributed by atoms with Crippen molar-refractivity contribution in [1.29, 1.82) is 5.26 Å². The first kappa shape index (κ1) is 16.0. The zero-order valence-corrected chi connectivity index (χ0v) is 13.6. The number of ether oxygens (including phenoxy) is 1. The van der Waals surface area contributed by atoms with Crippen LogP contribution in [0.5, 0.6) is 5.88 Å². The van der Waals surface area contributed by atoms with Crippen molar-refractivity contribution in [2.24, 2.45) is 0 Å². The lowest BCUT2D eigenvalue weighted by molar-refractivity contribution is 0.326. The van der Waals surface area contributed by atoms with E-state index in [-0.39, 0.29) is 0 Å². The maximum absolute atomic E-state index is 8.75. The number of rotatable bonds is 5. The summed E-state index contributed by atoms with van der Waals surface area (Å²) in [5.74, 6) is 2.34. The van der Waals surface area contributed by atoms with Gasteiger partial charge in [0, 0.05) is 25.2 Å².